The van der Waals surface area contributed by atoms with Crippen molar-refractivity contribution in [3.8, 4) is 0 Å². The summed E-state index contributed by atoms with van der Waals surface area (Å²) in [5.41, 5.74) is 4.70. The number of hydrogen-bond donors (Lipinski definition) is 2. The van der Waals surface area contributed by atoms with Gasteiger partial charge in [0.2, 0.25) is 5.91 Å². The van der Waals surface area contributed by atoms with Crippen LogP contribution in [0.15, 0.2) is 54.9 Å². The van der Waals surface area contributed by atoms with Crippen LogP contribution >= 0.6 is 0 Å². The number of benzene rings is 2. The summed E-state index contributed by atoms with van der Waals surface area (Å²) < 4.78 is 14.6. The van der Waals surface area contributed by atoms with E-state index in [2.05, 4.69) is 15.7 Å². The summed E-state index contributed by atoms with van der Waals surface area (Å²) in [6.07, 6.45) is 1.51. The number of imidazole rings is 1. The summed E-state index contributed by atoms with van der Waals surface area (Å²) in [6, 6.07) is 13.1. The number of nitrogens with zero attached hydrogens (tertiary/aromatic N) is 2. The van der Waals surface area contributed by atoms with E-state index in [9.17, 15) is 14.0 Å². The first kappa shape index (κ1) is 15.7. The molecule has 3 rings (SSSR count). The van der Waals surface area contributed by atoms with Crippen LogP contribution < -0.4 is 10.7 Å². The third kappa shape index (κ3) is 3.75. The van der Waals surface area contributed by atoms with E-state index in [4.69, 9.17) is 0 Å². The number of halogens is 1. The van der Waals surface area contributed by atoms with E-state index in [1.54, 1.807) is 6.07 Å². The first-order valence-electron chi connectivity index (χ1n) is 7.35. The van der Waals surface area contributed by atoms with E-state index in [0.29, 0.717) is 5.56 Å². The van der Waals surface area contributed by atoms with Crippen molar-refractivity contribution in [1.29, 1.82) is 0 Å². The molecule has 0 atom stereocenters. The van der Waals surface area contributed by atoms with Gasteiger partial charge in [0.25, 0.3) is 5.91 Å². The van der Waals surface area contributed by atoms with Gasteiger partial charge in [-0.3, -0.25) is 15.0 Å². The van der Waals surface area contributed by atoms with E-state index in [1.807, 2.05) is 24.3 Å². The monoisotopic (exact) mass is 326 g/mol. The van der Waals surface area contributed by atoms with Crippen LogP contribution in [0.5, 0.6) is 0 Å². The fourth-order valence-electron chi connectivity index (χ4n) is 2.30. The number of amides is 2. The van der Waals surface area contributed by atoms with Crippen LogP contribution in [0.25, 0.3) is 11.0 Å². The van der Waals surface area contributed by atoms with E-state index >= 15 is 0 Å². The maximum atomic E-state index is 13.1. The molecule has 0 aliphatic heterocycles. The van der Waals surface area contributed by atoms with Gasteiger partial charge in [-0.25, -0.2) is 14.1 Å². The van der Waals surface area contributed by atoms with Crippen LogP contribution in [0.4, 0.5) is 4.39 Å². The van der Waals surface area contributed by atoms with Crippen LogP contribution in [-0.2, 0) is 16.0 Å². The number of rotatable bonds is 5. The lowest BCUT2D eigenvalue weighted by molar-refractivity contribution is -0.124. The van der Waals surface area contributed by atoms with Crippen molar-refractivity contribution >= 4 is 22.8 Å². The van der Waals surface area contributed by atoms with Crippen molar-refractivity contribution in [3.63, 3.8) is 0 Å². The van der Waals surface area contributed by atoms with Gasteiger partial charge >= 0.3 is 0 Å². The maximum Gasteiger partial charge on any atom is 0.258 e. The average molecular weight is 326 g/mol. The van der Waals surface area contributed by atoms with Gasteiger partial charge in [-0.15, -0.1) is 0 Å². The van der Waals surface area contributed by atoms with E-state index in [1.165, 1.54) is 29.2 Å². The molecule has 6 nitrogen and oxygen atoms in total. The molecule has 0 saturated carbocycles. The molecule has 0 unspecified atom stereocenters. The molecule has 0 aliphatic rings. The molecule has 7 heteroatoms. The van der Waals surface area contributed by atoms with Crippen molar-refractivity contribution in [3.05, 3.63) is 66.2 Å². The van der Waals surface area contributed by atoms with Gasteiger partial charge in [-0.05, 0) is 29.8 Å². The summed E-state index contributed by atoms with van der Waals surface area (Å²) in [4.78, 5) is 27.9. The van der Waals surface area contributed by atoms with E-state index < -0.39 is 5.82 Å². The smallest absolute Gasteiger partial charge is 0.258 e. The van der Waals surface area contributed by atoms with Gasteiger partial charge in [-0.1, -0.05) is 24.3 Å². The quantitative estimate of drug-likeness (QED) is 0.748. The lowest BCUT2D eigenvalue weighted by Crippen LogP contribution is -2.36. The minimum absolute atomic E-state index is 0.0129. The Balaban J connectivity index is 1.53. The van der Waals surface area contributed by atoms with Gasteiger partial charge in [0.05, 0.1) is 24.0 Å². The second-order valence-corrected chi connectivity index (χ2v) is 5.22. The minimum atomic E-state index is -0.398. The Morgan fingerprint density at radius 1 is 1.08 bits per heavy atom. The van der Waals surface area contributed by atoms with E-state index in [0.717, 1.165) is 11.0 Å². The first-order chi connectivity index (χ1) is 11.6. The molecule has 0 saturated heterocycles. The SMILES string of the molecule is O=C(Cc1cccc(F)c1)NCC(=O)Nn1cnc2ccccc21. The Hall–Kier alpha value is -3.22. The summed E-state index contributed by atoms with van der Waals surface area (Å²) in [5, 5.41) is 2.50. The van der Waals surface area contributed by atoms with Crippen LogP contribution in [0.3, 0.4) is 0 Å². The molecule has 3 aromatic rings. The third-order valence-corrected chi connectivity index (χ3v) is 3.40. The Morgan fingerprint density at radius 3 is 2.75 bits per heavy atom. The molecule has 24 heavy (non-hydrogen) atoms. The minimum Gasteiger partial charge on any atom is -0.347 e. The molecule has 2 amide bonds. The second-order valence-electron chi connectivity index (χ2n) is 5.22. The van der Waals surface area contributed by atoms with Gasteiger partial charge < -0.3 is 5.32 Å². The zero-order valence-electron chi connectivity index (χ0n) is 12.7. The molecule has 0 aliphatic carbocycles. The standard InChI is InChI=1S/C17H15FN4O2/c18-13-5-3-4-12(8-13)9-16(23)19-10-17(24)21-22-11-20-14-6-1-2-7-15(14)22/h1-8,11H,9-10H2,(H,19,23)(H,21,24). The van der Waals surface area contributed by atoms with Crippen LogP contribution in [0.2, 0.25) is 0 Å². The van der Waals surface area contributed by atoms with Crippen molar-refractivity contribution in [1.82, 2.24) is 15.0 Å². The Morgan fingerprint density at radius 2 is 1.92 bits per heavy atom. The number of hydrogen-bond acceptors (Lipinski definition) is 3. The predicted molar refractivity (Wildman–Crippen MR) is 87.2 cm³/mol. The molecule has 1 heterocycles. The number of fused-ring (bicyclic) bond motifs is 1. The largest absolute Gasteiger partial charge is 0.347 e. The molecule has 0 bridgehead atoms. The molecule has 2 aromatic carbocycles. The molecule has 0 radical (unpaired) electrons. The summed E-state index contributed by atoms with van der Waals surface area (Å²) in [6.45, 7) is -0.180. The molecule has 0 spiro atoms. The Bertz CT molecular complexity index is 891. The highest BCUT2D eigenvalue weighted by atomic mass is 19.1. The Labute approximate surface area is 137 Å². The second kappa shape index (κ2) is 6.91. The highest BCUT2D eigenvalue weighted by Crippen LogP contribution is 2.09. The number of aromatic nitrogens is 2. The highest BCUT2D eigenvalue weighted by molar-refractivity contribution is 5.91. The molecule has 0 fully saturated rings. The average Bonchev–Trinajstić information content (AvgIpc) is 2.96. The van der Waals surface area contributed by atoms with E-state index in [-0.39, 0.29) is 24.8 Å². The normalized spacial score (nSPS) is 10.5. The molecule has 1 aromatic heterocycles. The van der Waals surface area contributed by atoms with Crippen LogP contribution in [0.1, 0.15) is 5.56 Å². The highest BCUT2D eigenvalue weighted by Gasteiger charge is 2.09. The van der Waals surface area contributed by atoms with Crippen molar-refractivity contribution in [2.24, 2.45) is 0 Å². The van der Waals surface area contributed by atoms with Crippen molar-refractivity contribution in [2.45, 2.75) is 6.42 Å². The van der Waals surface area contributed by atoms with Gasteiger partial charge in [-0.2, -0.15) is 0 Å². The predicted octanol–water partition coefficient (Wildman–Crippen LogP) is 1.60. The van der Waals surface area contributed by atoms with Crippen molar-refractivity contribution in [2.75, 3.05) is 12.0 Å². The zero-order chi connectivity index (χ0) is 16.9. The topological polar surface area (TPSA) is 76.0 Å². The third-order valence-electron chi connectivity index (χ3n) is 3.40. The molecule has 2 N–H and O–H groups in total. The molecular weight excluding hydrogens is 311 g/mol. The fraction of sp³-hybridized carbons (Fsp3) is 0.118. The van der Waals surface area contributed by atoms with Gasteiger partial charge in [0.15, 0.2) is 0 Å². The molecular formula is C17H15FN4O2. The molecule has 122 valence electrons. The number of carbonyl (C=O) groups excluding carboxylic acids is 2. The zero-order valence-corrected chi connectivity index (χ0v) is 12.7. The van der Waals surface area contributed by atoms with Crippen LogP contribution in [0, 0.1) is 5.82 Å². The fourth-order valence-corrected chi connectivity index (χ4v) is 2.30. The van der Waals surface area contributed by atoms with Gasteiger partial charge in [0.1, 0.15) is 12.1 Å². The number of carbonyl (C=O) groups is 2. The van der Waals surface area contributed by atoms with Crippen molar-refractivity contribution < 1.29 is 14.0 Å². The number of nitrogens with one attached hydrogen (secondary N) is 2. The first-order valence-corrected chi connectivity index (χ1v) is 7.35. The summed E-state index contributed by atoms with van der Waals surface area (Å²) >= 11 is 0. The van der Waals surface area contributed by atoms with Crippen LogP contribution in [-0.4, -0.2) is 28.0 Å². The lowest BCUT2D eigenvalue weighted by Gasteiger charge is -2.08. The number of para-hydroxylation sites is 2. The maximum absolute atomic E-state index is 13.1. The summed E-state index contributed by atoms with van der Waals surface area (Å²) in [7, 11) is 0. The Kier molecular flexibility index (Phi) is 4.51. The summed E-state index contributed by atoms with van der Waals surface area (Å²) in [5.74, 6) is -1.14. The van der Waals surface area contributed by atoms with Gasteiger partial charge in [0, 0.05) is 0 Å². The lowest BCUT2D eigenvalue weighted by atomic mass is 10.1.